The first-order chi connectivity index (χ1) is 7.81. The molecular formula is C12H18N2O2. The molecule has 2 saturated carbocycles. The van der Waals surface area contributed by atoms with Crippen molar-refractivity contribution in [3.05, 3.63) is 0 Å². The molecule has 3 atom stereocenters. The van der Waals surface area contributed by atoms with E-state index in [0.717, 1.165) is 11.8 Å². The number of carbonyl (C=O) groups excluding carboxylic acids is 1. The van der Waals surface area contributed by atoms with E-state index in [0.29, 0.717) is 19.1 Å². The molecule has 0 aliphatic heterocycles. The average molecular weight is 222 g/mol. The topological polar surface area (TPSA) is 62.5 Å². The highest BCUT2D eigenvalue weighted by Gasteiger charge is 2.39. The van der Waals surface area contributed by atoms with Crippen molar-refractivity contribution in [1.82, 2.24) is 0 Å². The minimum atomic E-state index is 0.545. The summed E-state index contributed by atoms with van der Waals surface area (Å²) >= 11 is 0. The quantitative estimate of drug-likeness (QED) is 0.418. The van der Waals surface area contributed by atoms with E-state index >= 15 is 0 Å². The van der Waals surface area contributed by atoms with Gasteiger partial charge in [-0.15, -0.1) is 0 Å². The maximum atomic E-state index is 9.11. The Kier molecular flexibility index (Phi) is 5.60. The highest BCUT2D eigenvalue weighted by Crippen LogP contribution is 2.48. The molecule has 0 spiro atoms. The molecule has 0 aromatic rings. The Labute approximate surface area is 96.3 Å². The summed E-state index contributed by atoms with van der Waals surface area (Å²) < 4.78 is 4.78. The second-order valence-corrected chi connectivity index (χ2v) is 4.40. The van der Waals surface area contributed by atoms with E-state index in [1.165, 1.54) is 31.8 Å². The lowest BCUT2D eigenvalue weighted by Gasteiger charge is -2.19. The number of aliphatic imine (C=N–C) groups is 1. The van der Waals surface area contributed by atoms with Crippen molar-refractivity contribution in [2.45, 2.75) is 32.6 Å². The lowest BCUT2D eigenvalue weighted by molar-refractivity contribution is 0.167. The van der Waals surface area contributed by atoms with Crippen LogP contribution in [0.15, 0.2) is 4.99 Å². The Hall–Kier alpha value is -1.33. The number of hydrogen-bond donors (Lipinski definition) is 0. The molecule has 0 aromatic carbocycles. The van der Waals surface area contributed by atoms with E-state index in [-0.39, 0.29) is 0 Å². The molecule has 0 aromatic heterocycles. The van der Waals surface area contributed by atoms with Crippen LogP contribution in [0.1, 0.15) is 32.6 Å². The molecule has 0 N–H and O–H groups in total. The minimum absolute atomic E-state index is 0.545. The molecule has 0 heterocycles. The molecule has 2 aliphatic rings. The van der Waals surface area contributed by atoms with Gasteiger partial charge >= 0.3 is 0 Å². The van der Waals surface area contributed by atoms with Crippen molar-refractivity contribution in [2.75, 3.05) is 13.2 Å². The van der Waals surface area contributed by atoms with Gasteiger partial charge < -0.3 is 4.74 Å². The van der Waals surface area contributed by atoms with Gasteiger partial charge in [0, 0.05) is 6.54 Å². The van der Waals surface area contributed by atoms with Gasteiger partial charge in [-0.2, -0.15) is 5.26 Å². The highest BCUT2D eigenvalue weighted by molar-refractivity contribution is 5.32. The van der Waals surface area contributed by atoms with Gasteiger partial charge in [0.05, 0.1) is 0 Å². The monoisotopic (exact) mass is 222 g/mol. The molecule has 4 nitrogen and oxygen atoms in total. The first-order valence-corrected chi connectivity index (χ1v) is 5.86. The van der Waals surface area contributed by atoms with Gasteiger partial charge in [0.1, 0.15) is 6.61 Å². The molecule has 2 aliphatic carbocycles. The van der Waals surface area contributed by atoms with Crippen molar-refractivity contribution in [2.24, 2.45) is 22.7 Å². The van der Waals surface area contributed by atoms with Gasteiger partial charge in [0.15, 0.2) is 0 Å². The van der Waals surface area contributed by atoms with Crippen molar-refractivity contribution < 1.29 is 9.53 Å². The first-order valence-electron chi connectivity index (χ1n) is 5.86. The second kappa shape index (κ2) is 7.03. The van der Waals surface area contributed by atoms with Gasteiger partial charge in [-0.3, -0.25) is 0 Å². The summed E-state index contributed by atoms with van der Waals surface area (Å²) in [6.45, 7) is 3.01. The van der Waals surface area contributed by atoms with E-state index in [9.17, 15) is 0 Å². The lowest BCUT2D eigenvalue weighted by atomic mass is 9.90. The van der Waals surface area contributed by atoms with Crippen LogP contribution in [0.25, 0.3) is 0 Å². The maximum absolute atomic E-state index is 9.11. The third-order valence-corrected chi connectivity index (χ3v) is 3.47. The molecule has 2 bridgehead atoms. The summed E-state index contributed by atoms with van der Waals surface area (Å²) in [5, 5.41) is 8.22. The largest absolute Gasteiger partial charge is 0.427 e. The van der Waals surface area contributed by atoms with Crippen molar-refractivity contribution in [3.8, 4) is 6.26 Å². The van der Waals surface area contributed by atoms with Crippen LogP contribution < -0.4 is 0 Å². The fourth-order valence-corrected chi connectivity index (χ4v) is 2.79. The molecule has 0 amide bonds. The molecule has 88 valence electrons. The van der Waals surface area contributed by atoms with E-state index in [1.54, 1.807) is 13.2 Å². The predicted octanol–water partition coefficient (Wildman–Crippen LogP) is 2.26. The van der Waals surface area contributed by atoms with Gasteiger partial charge in [-0.05, 0) is 43.9 Å². The number of ether oxygens (including phenoxy) is 1. The number of nitrogens with zero attached hydrogens (tertiary/aromatic N) is 2. The third-order valence-electron chi connectivity index (χ3n) is 3.47. The average Bonchev–Trinajstić information content (AvgIpc) is 2.90. The Bertz CT molecular complexity index is 292. The predicted molar refractivity (Wildman–Crippen MR) is 59.2 cm³/mol. The van der Waals surface area contributed by atoms with Gasteiger partial charge in [0.2, 0.25) is 6.08 Å². The van der Waals surface area contributed by atoms with Crippen LogP contribution in [0.5, 0.6) is 0 Å². The van der Waals surface area contributed by atoms with Crippen molar-refractivity contribution >= 4 is 6.08 Å². The molecule has 3 unspecified atom stereocenters. The number of nitriles is 1. The van der Waals surface area contributed by atoms with E-state index in [2.05, 4.69) is 4.99 Å². The molecule has 2 fully saturated rings. The molecule has 16 heavy (non-hydrogen) atoms. The summed E-state index contributed by atoms with van der Waals surface area (Å²) in [6, 6.07) is 0. The molecule has 0 radical (unpaired) electrons. The Morgan fingerprint density at radius 3 is 2.62 bits per heavy atom. The lowest BCUT2D eigenvalue weighted by Crippen LogP contribution is -2.15. The van der Waals surface area contributed by atoms with E-state index < -0.39 is 0 Å². The molecule has 0 saturated heterocycles. The van der Waals surface area contributed by atoms with E-state index in [1.807, 2.05) is 0 Å². The molecular weight excluding hydrogens is 204 g/mol. The summed E-state index contributed by atoms with van der Waals surface area (Å²) in [7, 11) is 0. The molecule has 2 rings (SSSR count). The fraction of sp³-hybridized carbons (Fsp3) is 0.833. The Morgan fingerprint density at radius 1 is 1.44 bits per heavy atom. The van der Waals surface area contributed by atoms with Crippen LogP contribution in [0, 0.1) is 29.3 Å². The zero-order chi connectivity index (χ0) is 11.8. The van der Waals surface area contributed by atoms with Crippen molar-refractivity contribution in [3.63, 3.8) is 0 Å². The fourth-order valence-electron chi connectivity index (χ4n) is 2.79. The number of isocyanates is 1. The second-order valence-electron chi connectivity index (χ2n) is 4.40. The summed E-state index contributed by atoms with van der Waals surface area (Å²) in [5.41, 5.74) is 0. The summed E-state index contributed by atoms with van der Waals surface area (Å²) in [5.74, 6) is 2.55. The third kappa shape index (κ3) is 3.67. The number of hydrogen-bond acceptors (Lipinski definition) is 4. The van der Waals surface area contributed by atoms with Crippen LogP contribution in [-0.2, 0) is 9.53 Å². The normalized spacial score (nSPS) is 29.6. The van der Waals surface area contributed by atoms with Crippen LogP contribution in [-0.4, -0.2) is 19.2 Å². The van der Waals surface area contributed by atoms with Crippen LogP contribution in [0.3, 0.4) is 0 Å². The van der Waals surface area contributed by atoms with Crippen molar-refractivity contribution in [1.29, 1.82) is 5.26 Å². The number of rotatable bonds is 3. The Balaban J connectivity index is 0.000000221. The van der Waals surface area contributed by atoms with Gasteiger partial charge in [0.25, 0.3) is 6.26 Å². The Morgan fingerprint density at radius 2 is 2.25 bits per heavy atom. The maximum Gasteiger partial charge on any atom is 0.286 e. The highest BCUT2D eigenvalue weighted by atomic mass is 16.5. The standard InChI is InChI=1S/C9H13NO.C3H5NO/c10-6-11-5-9-4-7-1-2-8(9)3-7;1-2-4-3-5/h7-9H,1-5H2;2H2,1H3. The first kappa shape index (κ1) is 12.7. The van der Waals surface area contributed by atoms with Gasteiger partial charge in [-0.25, -0.2) is 9.79 Å². The van der Waals surface area contributed by atoms with Crippen LogP contribution in [0.2, 0.25) is 0 Å². The SMILES string of the molecule is CCN=C=O.N#COCC1CC2CCC1C2. The smallest absolute Gasteiger partial charge is 0.286 e. The van der Waals surface area contributed by atoms with Crippen LogP contribution >= 0.6 is 0 Å². The summed E-state index contributed by atoms with van der Waals surface area (Å²) in [6.07, 6.45) is 8.66. The van der Waals surface area contributed by atoms with Gasteiger partial charge in [-0.1, -0.05) is 6.42 Å². The van der Waals surface area contributed by atoms with Crippen LogP contribution in [0.4, 0.5) is 0 Å². The molecule has 4 heteroatoms. The zero-order valence-corrected chi connectivity index (χ0v) is 9.69. The minimum Gasteiger partial charge on any atom is -0.427 e. The number of fused-ring (bicyclic) bond motifs is 2. The summed E-state index contributed by atoms with van der Waals surface area (Å²) in [4.78, 5) is 12.3. The van der Waals surface area contributed by atoms with E-state index in [4.69, 9.17) is 14.8 Å². The zero-order valence-electron chi connectivity index (χ0n) is 9.69.